The molecule has 3 atom stereocenters. The molecule has 0 bridgehead atoms. The first-order valence-electron chi connectivity index (χ1n) is 17.1. The van der Waals surface area contributed by atoms with Crippen molar-refractivity contribution < 1.29 is 28.7 Å². The molecule has 5 N–H and O–H groups in total. The van der Waals surface area contributed by atoms with E-state index in [0.29, 0.717) is 46.8 Å². The van der Waals surface area contributed by atoms with Gasteiger partial charge in [0.2, 0.25) is 17.7 Å². The monoisotopic (exact) mass is 689 g/mol. The lowest BCUT2D eigenvalue weighted by atomic mass is 10.0. The molecule has 0 saturated carbocycles. The lowest BCUT2D eigenvalue weighted by Gasteiger charge is -2.29. The molecule has 1 aliphatic heterocycles. The molecule has 51 heavy (non-hydrogen) atoms. The number of unbranched alkanes of at least 4 members (excludes halogenated alkanes) is 2. The van der Waals surface area contributed by atoms with E-state index in [4.69, 9.17) is 10.5 Å². The quantitative estimate of drug-likeness (QED) is 0.109. The Morgan fingerprint density at radius 2 is 1.43 bits per heavy atom. The smallest absolute Gasteiger partial charge is 0.254 e. The highest BCUT2D eigenvalue weighted by Crippen LogP contribution is 2.37. The number of hydrogen-bond acceptors (Lipinski definition) is 7. The van der Waals surface area contributed by atoms with E-state index in [1.54, 1.807) is 84.9 Å². The Morgan fingerprint density at radius 1 is 0.784 bits per heavy atom. The number of carbonyl (C=O) groups excluding carboxylic acids is 5. The van der Waals surface area contributed by atoms with Gasteiger partial charge in [0.15, 0.2) is 11.9 Å². The number of ether oxygens (including phenoxy) is 1. The van der Waals surface area contributed by atoms with E-state index in [0.717, 1.165) is 19.3 Å². The van der Waals surface area contributed by atoms with E-state index in [1.807, 2.05) is 24.3 Å². The Hall–Kier alpha value is -5.81. The number of benzene rings is 4. The molecular formula is C40H43N5O6. The second-order valence-corrected chi connectivity index (χ2v) is 12.4. The van der Waals surface area contributed by atoms with Crippen LogP contribution in [0, 0.1) is 0 Å². The number of nitrogens with one attached hydrogen (secondary N) is 3. The molecule has 0 saturated heterocycles. The summed E-state index contributed by atoms with van der Waals surface area (Å²) in [5.74, 6) is -1.66. The molecule has 0 aliphatic carbocycles. The van der Waals surface area contributed by atoms with Gasteiger partial charge >= 0.3 is 0 Å². The summed E-state index contributed by atoms with van der Waals surface area (Å²) in [6.07, 6.45) is 1.53. The van der Waals surface area contributed by atoms with Crippen molar-refractivity contribution in [1.29, 1.82) is 0 Å². The largest absolute Gasteiger partial charge is 0.481 e. The minimum absolute atomic E-state index is 0.0278. The summed E-state index contributed by atoms with van der Waals surface area (Å²) < 4.78 is 6.43. The number of anilines is 1. The Kier molecular flexibility index (Phi) is 12.7. The maximum Gasteiger partial charge on any atom is 0.254 e. The number of fused-ring (bicyclic) bond motifs is 1. The lowest BCUT2D eigenvalue weighted by molar-refractivity contribution is -0.132. The summed E-state index contributed by atoms with van der Waals surface area (Å²) in [5.41, 5.74) is 8.34. The van der Waals surface area contributed by atoms with Crippen LogP contribution in [0.5, 0.6) is 5.75 Å². The molecule has 5 rings (SSSR count). The van der Waals surface area contributed by atoms with Gasteiger partial charge in [-0.25, -0.2) is 0 Å². The summed E-state index contributed by atoms with van der Waals surface area (Å²) in [6, 6.07) is 29.4. The van der Waals surface area contributed by atoms with Crippen molar-refractivity contribution in [3.8, 4) is 5.75 Å². The summed E-state index contributed by atoms with van der Waals surface area (Å²) in [7, 11) is 0. The third kappa shape index (κ3) is 9.67. The predicted octanol–water partition coefficient (Wildman–Crippen LogP) is 3.86. The van der Waals surface area contributed by atoms with Crippen molar-refractivity contribution in [3.05, 3.63) is 131 Å². The molecule has 0 spiro atoms. The van der Waals surface area contributed by atoms with Crippen LogP contribution in [-0.2, 0) is 25.6 Å². The molecule has 1 aliphatic rings. The van der Waals surface area contributed by atoms with Crippen molar-refractivity contribution >= 4 is 35.1 Å². The van der Waals surface area contributed by atoms with Gasteiger partial charge in [0.25, 0.3) is 5.91 Å². The molecule has 0 aromatic heterocycles. The number of hydrogen-bond donors (Lipinski definition) is 4. The van der Waals surface area contributed by atoms with E-state index < -0.39 is 35.9 Å². The zero-order valence-electron chi connectivity index (χ0n) is 28.5. The van der Waals surface area contributed by atoms with Gasteiger partial charge in [-0.05, 0) is 49.6 Å². The van der Waals surface area contributed by atoms with Crippen molar-refractivity contribution in [1.82, 2.24) is 16.0 Å². The van der Waals surface area contributed by atoms with Crippen LogP contribution in [0.3, 0.4) is 0 Å². The van der Waals surface area contributed by atoms with E-state index in [9.17, 15) is 24.0 Å². The highest BCUT2D eigenvalue weighted by atomic mass is 16.5. The maximum atomic E-state index is 14.4. The highest BCUT2D eigenvalue weighted by Gasteiger charge is 2.41. The van der Waals surface area contributed by atoms with Gasteiger partial charge in [0.1, 0.15) is 24.4 Å². The molecule has 4 aromatic rings. The minimum atomic E-state index is -1.24. The zero-order valence-corrected chi connectivity index (χ0v) is 28.5. The number of para-hydroxylation sites is 2. The van der Waals surface area contributed by atoms with Gasteiger partial charge in [-0.1, -0.05) is 103 Å². The van der Waals surface area contributed by atoms with Crippen LogP contribution < -0.4 is 31.3 Å². The summed E-state index contributed by atoms with van der Waals surface area (Å²) in [5, 5.41) is 8.39. The van der Waals surface area contributed by atoms with Crippen LogP contribution in [0.15, 0.2) is 109 Å². The average molecular weight is 690 g/mol. The molecule has 11 nitrogen and oxygen atoms in total. The second-order valence-electron chi connectivity index (χ2n) is 12.4. The number of carbonyl (C=O) groups is 5. The normalized spacial score (nSPS) is 15.8. The predicted molar refractivity (Wildman–Crippen MR) is 194 cm³/mol. The van der Waals surface area contributed by atoms with Crippen LogP contribution in [0.1, 0.15) is 59.3 Å². The standard InChI is InChI=1S/C40H43N5O6/c1-27(43-34(46)25-28-19-21-30(22-20-28)37(48)29-13-5-2-6-14-29)39(49)44-36-38(31-15-7-3-8-16-31)51-33-18-10-9-17-32(33)45(40(36)50)26-35(47)42-24-12-4-11-23-41/h2-3,5-10,13-22,27,36,38H,4,11-12,23-26,41H2,1H3,(H,42,47)(H,43,46)(H,44,49)/t27?,36-,38+/m0/s1. The minimum Gasteiger partial charge on any atom is -0.481 e. The maximum absolute atomic E-state index is 14.4. The molecule has 0 radical (unpaired) electrons. The molecule has 1 heterocycles. The Bertz CT molecular complexity index is 1820. The third-order valence-electron chi connectivity index (χ3n) is 8.56. The van der Waals surface area contributed by atoms with Gasteiger partial charge in [-0.2, -0.15) is 0 Å². The Morgan fingerprint density at radius 3 is 2.14 bits per heavy atom. The Balaban J connectivity index is 1.28. The number of nitrogens with zero attached hydrogens (tertiary/aromatic N) is 1. The van der Waals surface area contributed by atoms with E-state index >= 15 is 0 Å². The van der Waals surface area contributed by atoms with Crippen molar-refractivity contribution in [2.45, 2.75) is 50.8 Å². The van der Waals surface area contributed by atoms with Gasteiger partial charge in [0.05, 0.1) is 12.1 Å². The molecular weight excluding hydrogens is 646 g/mol. The van der Waals surface area contributed by atoms with Crippen molar-refractivity contribution in [2.75, 3.05) is 24.5 Å². The van der Waals surface area contributed by atoms with Crippen molar-refractivity contribution in [3.63, 3.8) is 0 Å². The number of amides is 4. The molecule has 4 aromatic carbocycles. The first-order valence-corrected chi connectivity index (χ1v) is 17.1. The van der Waals surface area contributed by atoms with Crippen LogP contribution >= 0.6 is 0 Å². The first-order chi connectivity index (χ1) is 24.7. The fourth-order valence-corrected chi connectivity index (χ4v) is 5.83. The molecule has 264 valence electrons. The van der Waals surface area contributed by atoms with E-state index in [1.165, 1.54) is 11.8 Å². The van der Waals surface area contributed by atoms with Gasteiger partial charge < -0.3 is 26.4 Å². The molecule has 11 heteroatoms. The van der Waals surface area contributed by atoms with Crippen molar-refractivity contribution in [2.24, 2.45) is 5.73 Å². The van der Waals surface area contributed by atoms with Gasteiger partial charge in [-0.3, -0.25) is 28.9 Å². The average Bonchev–Trinajstić information content (AvgIpc) is 3.26. The summed E-state index contributed by atoms with van der Waals surface area (Å²) >= 11 is 0. The zero-order chi connectivity index (χ0) is 36.2. The summed E-state index contributed by atoms with van der Waals surface area (Å²) in [4.78, 5) is 68.2. The first kappa shape index (κ1) is 36.5. The summed E-state index contributed by atoms with van der Waals surface area (Å²) in [6.45, 7) is 2.27. The van der Waals surface area contributed by atoms with Gasteiger partial charge in [-0.15, -0.1) is 0 Å². The topological polar surface area (TPSA) is 160 Å². The Labute approximate surface area is 297 Å². The molecule has 4 amide bonds. The SMILES string of the molecule is CC(NC(=O)Cc1ccc(C(=O)c2ccccc2)cc1)C(=O)N[C@@H]1C(=O)N(CC(=O)NCCCCCN)c2ccccc2O[C@@H]1c1ccccc1. The lowest BCUT2D eigenvalue weighted by Crippen LogP contribution is -2.56. The second kappa shape index (κ2) is 17.7. The molecule has 0 fully saturated rings. The number of ketones is 1. The van der Waals surface area contributed by atoms with Crippen LogP contribution in [0.25, 0.3) is 0 Å². The van der Waals surface area contributed by atoms with E-state index in [-0.39, 0.29) is 24.7 Å². The van der Waals surface area contributed by atoms with Crippen LogP contribution in [0.4, 0.5) is 5.69 Å². The number of rotatable bonds is 15. The third-order valence-corrected chi connectivity index (χ3v) is 8.56. The van der Waals surface area contributed by atoms with Gasteiger partial charge in [0, 0.05) is 17.7 Å². The highest BCUT2D eigenvalue weighted by molar-refractivity contribution is 6.09. The fraction of sp³-hybridized carbons (Fsp3) is 0.275. The number of nitrogens with two attached hydrogens (primary N) is 1. The van der Waals surface area contributed by atoms with Crippen LogP contribution in [-0.4, -0.2) is 61.1 Å². The van der Waals surface area contributed by atoms with Crippen LogP contribution in [0.2, 0.25) is 0 Å². The molecule has 1 unspecified atom stereocenters. The van der Waals surface area contributed by atoms with E-state index in [2.05, 4.69) is 16.0 Å². The fourth-order valence-electron chi connectivity index (χ4n) is 5.83.